The van der Waals surface area contributed by atoms with Gasteiger partial charge in [0.1, 0.15) is 54.4 Å². The van der Waals surface area contributed by atoms with Crippen LogP contribution < -0.4 is 97.4 Å². The largest absolute Gasteiger partial charge is 0.480 e. The van der Waals surface area contributed by atoms with Crippen molar-refractivity contribution in [2.75, 3.05) is 52.5 Å². The number of guanidine groups is 4. The van der Waals surface area contributed by atoms with Crippen LogP contribution in [0.2, 0.25) is 0 Å². The molecule has 82 heavy (non-hydrogen) atoms. The van der Waals surface area contributed by atoms with Gasteiger partial charge < -0.3 is 118 Å². The van der Waals surface area contributed by atoms with Gasteiger partial charge in [0.25, 0.3) is 0 Å². The first-order valence-electron chi connectivity index (χ1n) is 26.5. The van der Waals surface area contributed by atoms with Gasteiger partial charge in [0.2, 0.25) is 53.2 Å². The van der Waals surface area contributed by atoms with Crippen molar-refractivity contribution in [1.82, 2.24) is 74.4 Å². The average molecular weight is 1170 g/mol. The summed E-state index contributed by atoms with van der Waals surface area (Å²) < 4.78 is 0. The fraction of sp³-hybridized carbons (Fsp3) is 0.696. The zero-order valence-corrected chi connectivity index (χ0v) is 46.3. The molecule has 9 amide bonds. The Kier molecular flexibility index (Phi) is 33.5. The van der Waals surface area contributed by atoms with Crippen molar-refractivity contribution >= 4 is 83.0 Å². The number of nitrogens with one attached hydrogen (secondary N) is 18. The average Bonchev–Trinajstić information content (AvgIpc) is 4.01. The van der Waals surface area contributed by atoms with Gasteiger partial charge in [-0.25, -0.2) is 4.79 Å². The van der Waals surface area contributed by atoms with E-state index in [2.05, 4.69) is 74.4 Å². The van der Waals surface area contributed by atoms with Crippen LogP contribution in [0, 0.1) is 27.6 Å². The van der Waals surface area contributed by atoms with Crippen molar-refractivity contribution in [3.63, 3.8) is 0 Å². The van der Waals surface area contributed by atoms with E-state index in [1.807, 2.05) is 0 Å². The van der Waals surface area contributed by atoms with Crippen LogP contribution in [-0.2, 0) is 47.9 Å². The van der Waals surface area contributed by atoms with Crippen LogP contribution in [0.5, 0.6) is 0 Å². The zero-order valence-electron chi connectivity index (χ0n) is 46.3. The van der Waals surface area contributed by atoms with Crippen LogP contribution >= 0.6 is 0 Å². The van der Waals surface area contributed by atoms with E-state index in [1.54, 1.807) is 0 Å². The second-order valence-electron chi connectivity index (χ2n) is 19.4. The Hall–Kier alpha value is -8.38. The molecule has 36 heteroatoms. The molecule has 0 bridgehead atoms. The minimum atomic E-state index is -1.82. The summed E-state index contributed by atoms with van der Waals surface area (Å²) in [5.74, 6) is -12.5. The smallest absolute Gasteiger partial charge is 0.326 e. The maximum Gasteiger partial charge on any atom is 0.326 e. The minimum absolute atomic E-state index is 0.00306. The summed E-state index contributed by atoms with van der Waals surface area (Å²) in [6.07, 6.45) is 0.851. The Morgan fingerprint density at radius 3 is 1.07 bits per heavy atom. The molecule has 1 saturated heterocycles. The molecule has 1 fully saturated rings. The maximum absolute atomic E-state index is 14.1. The van der Waals surface area contributed by atoms with Crippen LogP contribution in [0.3, 0.4) is 0 Å². The fourth-order valence-electron chi connectivity index (χ4n) is 7.76. The Morgan fingerprint density at radius 1 is 0.451 bits per heavy atom. The lowest BCUT2D eigenvalue weighted by atomic mass is 10.0. The standard InChI is InChI=1S/C46H86N22O14/c1-22(2)32(68-37(76)27(12-7-17-58-45(51)52)63-38(77)29(19-69)65-33(72)23(3)60-34(73)24-9-4-14-55-24)41(80)67-31(21-71)39(78)62-25(10-5-15-56-43(47)48)35(74)61-26(11-6-16-57-44(49)50)36(75)66-30(20-70)40(79)64-28(42(81)82)13-8-18-59-46(53)54/h22-32,55,69-71H,4-21H2,1-3H3,(H,60,73)(H,61,74)(H,62,78)(H,63,77)(H,64,79)(H,65,72)(H,66,75)(H,67,80)(H,68,76)(H,81,82)(H4,47,48,56)(H4,49,50,57)(H4,51,52,58)(H4,53,54,59)/t23-,24-,25-,26-,27-,28-,29-,30-,31-,32-/m0/s1. The molecule has 10 atom stereocenters. The molecule has 0 aromatic rings. The topological polar surface area (TPSA) is 620 Å². The number of aliphatic carboxylic acids is 1. The van der Waals surface area contributed by atoms with E-state index in [1.165, 1.54) is 20.8 Å². The van der Waals surface area contributed by atoms with Crippen molar-refractivity contribution in [1.29, 1.82) is 21.6 Å². The molecule has 30 N–H and O–H groups in total. The fourth-order valence-corrected chi connectivity index (χ4v) is 7.76. The monoisotopic (exact) mass is 1170 g/mol. The predicted molar refractivity (Wildman–Crippen MR) is 294 cm³/mol. The van der Waals surface area contributed by atoms with Crippen molar-refractivity contribution in [3.8, 4) is 0 Å². The van der Waals surface area contributed by atoms with Gasteiger partial charge in [-0.1, -0.05) is 13.8 Å². The van der Waals surface area contributed by atoms with E-state index in [0.717, 1.165) is 6.42 Å². The Labute approximate surface area is 473 Å². The number of carboxylic acids is 1. The number of hydrogen-bond acceptors (Lipinski definition) is 18. The van der Waals surface area contributed by atoms with Gasteiger partial charge in [0, 0.05) is 26.2 Å². The molecule has 0 radical (unpaired) electrons. The van der Waals surface area contributed by atoms with Crippen LogP contribution in [0.1, 0.15) is 85.0 Å². The molecular formula is C46H86N22O14. The molecule has 1 heterocycles. The van der Waals surface area contributed by atoms with E-state index >= 15 is 0 Å². The Balaban J connectivity index is 3.40. The highest BCUT2D eigenvalue weighted by Crippen LogP contribution is 2.09. The molecule has 1 rings (SSSR count). The number of carboxylic acid groups (broad SMARTS) is 1. The summed E-state index contributed by atoms with van der Waals surface area (Å²) in [5.41, 5.74) is 21.4. The third kappa shape index (κ3) is 28.2. The normalized spacial score (nSPS) is 16.0. The number of carbonyl (C=O) groups is 10. The molecule has 0 aromatic carbocycles. The Morgan fingerprint density at radius 2 is 0.756 bits per heavy atom. The molecule has 0 saturated carbocycles. The highest BCUT2D eigenvalue weighted by Gasteiger charge is 2.36. The first-order chi connectivity index (χ1) is 38.6. The van der Waals surface area contributed by atoms with Crippen LogP contribution in [-0.4, -0.2) is 216 Å². The van der Waals surface area contributed by atoms with Gasteiger partial charge in [0.15, 0.2) is 23.8 Å². The van der Waals surface area contributed by atoms with Gasteiger partial charge in [-0.05, 0) is 83.6 Å². The van der Waals surface area contributed by atoms with Crippen LogP contribution in [0.25, 0.3) is 0 Å². The molecule has 0 aromatic heterocycles. The van der Waals surface area contributed by atoms with Gasteiger partial charge in [-0.2, -0.15) is 0 Å². The number of nitrogens with two attached hydrogens (primary N) is 4. The lowest BCUT2D eigenvalue weighted by Gasteiger charge is -2.28. The third-order valence-corrected chi connectivity index (χ3v) is 12.3. The number of aliphatic hydroxyl groups excluding tert-OH is 3. The molecule has 0 aliphatic carbocycles. The van der Waals surface area contributed by atoms with Gasteiger partial charge >= 0.3 is 5.97 Å². The quantitative estimate of drug-likeness (QED) is 0.0154. The van der Waals surface area contributed by atoms with Crippen molar-refractivity contribution in [2.24, 2.45) is 28.9 Å². The minimum Gasteiger partial charge on any atom is -0.480 e. The first kappa shape index (κ1) is 71.6. The summed E-state index contributed by atoms with van der Waals surface area (Å²) in [4.78, 5) is 134. The summed E-state index contributed by atoms with van der Waals surface area (Å²) in [5, 5.41) is 105. The van der Waals surface area contributed by atoms with E-state index < -0.39 is 163 Å². The van der Waals surface area contributed by atoms with Gasteiger partial charge in [-0.15, -0.1) is 0 Å². The summed E-state index contributed by atoms with van der Waals surface area (Å²) in [6.45, 7) is 2.10. The molecule has 0 unspecified atom stereocenters. The lowest BCUT2D eigenvalue weighted by Crippen LogP contribution is -2.62. The first-order valence-corrected chi connectivity index (χ1v) is 26.5. The van der Waals surface area contributed by atoms with Crippen LogP contribution in [0.15, 0.2) is 0 Å². The molecular weight excluding hydrogens is 1080 g/mol. The number of aliphatic hydroxyl groups is 3. The highest BCUT2D eigenvalue weighted by molar-refractivity contribution is 5.98. The van der Waals surface area contributed by atoms with E-state index in [4.69, 9.17) is 44.6 Å². The number of hydrogen-bond donors (Lipinski definition) is 26. The molecule has 36 nitrogen and oxygen atoms in total. The number of rotatable bonds is 39. The van der Waals surface area contributed by atoms with Crippen molar-refractivity contribution < 1.29 is 68.4 Å². The third-order valence-electron chi connectivity index (χ3n) is 12.3. The van der Waals surface area contributed by atoms with E-state index in [9.17, 15) is 68.4 Å². The molecule has 1 aliphatic rings. The van der Waals surface area contributed by atoms with E-state index in [-0.39, 0.29) is 83.5 Å². The van der Waals surface area contributed by atoms with Crippen LogP contribution in [0.4, 0.5) is 0 Å². The summed E-state index contributed by atoms with van der Waals surface area (Å²) >= 11 is 0. The predicted octanol–water partition coefficient (Wildman–Crippen LogP) is -10.1. The number of carbonyl (C=O) groups excluding carboxylic acids is 9. The van der Waals surface area contributed by atoms with E-state index in [0.29, 0.717) is 13.0 Å². The molecule has 0 spiro atoms. The maximum atomic E-state index is 14.1. The zero-order chi connectivity index (χ0) is 62.1. The molecule has 464 valence electrons. The highest BCUT2D eigenvalue weighted by atomic mass is 16.4. The van der Waals surface area contributed by atoms with Gasteiger partial charge in [-0.3, -0.25) is 64.8 Å². The SMILES string of the molecule is CC(C)[C@H](NC(=O)[C@H](CCCNC(=N)N)NC(=O)[C@H](CO)NC(=O)[C@H](C)NC(=O)[C@@H]1CCCN1)C(=O)N[C@@H](CO)C(=O)N[C@@H](CCCNC(=N)N)C(=O)N[C@@H](CCCNC(=N)N)C(=O)N[C@@H](CO)C(=O)N[C@@H](CCCNC(=N)N)C(=O)O. The Bertz CT molecular complexity index is 2200. The lowest BCUT2D eigenvalue weighted by molar-refractivity contribution is -0.142. The second-order valence-corrected chi connectivity index (χ2v) is 19.4. The van der Waals surface area contributed by atoms with Crippen molar-refractivity contribution in [3.05, 3.63) is 0 Å². The number of amides is 9. The summed E-state index contributed by atoms with van der Waals surface area (Å²) in [7, 11) is 0. The molecule has 1 aliphatic heterocycles. The van der Waals surface area contributed by atoms with Gasteiger partial charge in [0.05, 0.1) is 25.9 Å². The second kappa shape index (κ2) is 38.3. The van der Waals surface area contributed by atoms with Crippen molar-refractivity contribution in [2.45, 2.75) is 145 Å². The summed E-state index contributed by atoms with van der Waals surface area (Å²) in [6, 6.07) is -14.4.